The highest BCUT2D eigenvalue weighted by molar-refractivity contribution is 6.32. The molecule has 3 heteroatoms. The first kappa shape index (κ1) is 12.3. The zero-order valence-corrected chi connectivity index (χ0v) is 10.8. The molecule has 90 valence electrons. The molecule has 0 saturated heterocycles. The van der Waals surface area contributed by atoms with E-state index in [4.69, 9.17) is 16.9 Å². The van der Waals surface area contributed by atoms with Crippen molar-refractivity contribution in [2.75, 3.05) is 5.32 Å². The third-order valence-corrected chi connectivity index (χ3v) is 3.82. The van der Waals surface area contributed by atoms with E-state index in [0.29, 0.717) is 16.6 Å². The van der Waals surface area contributed by atoms with Gasteiger partial charge >= 0.3 is 0 Å². The van der Waals surface area contributed by atoms with E-state index >= 15 is 0 Å². The van der Waals surface area contributed by atoms with Crippen molar-refractivity contribution < 1.29 is 0 Å². The molecular weight excluding hydrogens is 232 g/mol. The molecule has 1 aromatic rings. The van der Waals surface area contributed by atoms with Crippen LogP contribution in [0.25, 0.3) is 0 Å². The monoisotopic (exact) mass is 248 g/mol. The molecule has 0 amide bonds. The summed E-state index contributed by atoms with van der Waals surface area (Å²) in [5.74, 6) is 0.836. The largest absolute Gasteiger partial charge is 0.381 e. The van der Waals surface area contributed by atoms with Crippen LogP contribution in [0.15, 0.2) is 18.2 Å². The third kappa shape index (κ3) is 2.92. The average Bonchev–Trinajstić information content (AvgIpc) is 2.32. The van der Waals surface area contributed by atoms with Gasteiger partial charge in [-0.15, -0.1) is 0 Å². The van der Waals surface area contributed by atoms with Gasteiger partial charge in [0.05, 0.1) is 16.3 Å². The zero-order chi connectivity index (χ0) is 12.3. The Balaban J connectivity index is 2.09. The summed E-state index contributed by atoms with van der Waals surface area (Å²) in [6.45, 7) is 2.30. The van der Waals surface area contributed by atoms with E-state index < -0.39 is 0 Å². The molecule has 1 aliphatic carbocycles. The van der Waals surface area contributed by atoms with Crippen LogP contribution in [0.5, 0.6) is 0 Å². The van der Waals surface area contributed by atoms with Crippen molar-refractivity contribution >= 4 is 17.3 Å². The molecule has 1 aliphatic rings. The van der Waals surface area contributed by atoms with E-state index in [9.17, 15) is 0 Å². The molecule has 2 nitrogen and oxygen atoms in total. The Bertz CT molecular complexity index is 428. The number of hydrogen-bond acceptors (Lipinski definition) is 2. The normalized spacial score (nSPS) is 24.1. The van der Waals surface area contributed by atoms with Crippen LogP contribution in [0, 0.1) is 17.2 Å². The van der Waals surface area contributed by atoms with Gasteiger partial charge in [-0.05, 0) is 43.7 Å². The van der Waals surface area contributed by atoms with Crippen LogP contribution in [0.2, 0.25) is 5.02 Å². The van der Waals surface area contributed by atoms with Crippen LogP contribution in [0.1, 0.15) is 38.2 Å². The van der Waals surface area contributed by atoms with Gasteiger partial charge in [0, 0.05) is 6.04 Å². The minimum atomic E-state index is 0.483. The first-order chi connectivity index (χ1) is 8.20. The van der Waals surface area contributed by atoms with E-state index in [1.807, 2.05) is 12.1 Å². The van der Waals surface area contributed by atoms with Gasteiger partial charge in [-0.2, -0.15) is 5.26 Å². The molecular formula is C14H17ClN2. The van der Waals surface area contributed by atoms with Crippen molar-refractivity contribution in [2.45, 2.75) is 38.6 Å². The second-order valence-corrected chi connectivity index (χ2v) is 5.28. The maximum Gasteiger partial charge on any atom is 0.103 e. The van der Waals surface area contributed by atoms with Crippen molar-refractivity contribution in [3.05, 3.63) is 28.8 Å². The molecule has 0 spiro atoms. The van der Waals surface area contributed by atoms with E-state index in [-0.39, 0.29) is 0 Å². The first-order valence-corrected chi connectivity index (χ1v) is 6.53. The van der Waals surface area contributed by atoms with E-state index in [2.05, 4.69) is 18.3 Å². The number of rotatable bonds is 2. The summed E-state index contributed by atoms with van der Waals surface area (Å²) < 4.78 is 0. The van der Waals surface area contributed by atoms with Gasteiger partial charge < -0.3 is 5.32 Å². The van der Waals surface area contributed by atoms with Gasteiger partial charge in [0.1, 0.15) is 6.07 Å². The Morgan fingerprint density at radius 2 is 2.00 bits per heavy atom. The number of hydrogen-bond donors (Lipinski definition) is 1. The molecule has 1 fully saturated rings. The zero-order valence-electron chi connectivity index (χ0n) is 10.0. The lowest BCUT2D eigenvalue weighted by Gasteiger charge is -2.28. The van der Waals surface area contributed by atoms with E-state index in [0.717, 1.165) is 11.6 Å². The molecule has 17 heavy (non-hydrogen) atoms. The highest BCUT2D eigenvalue weighted by atomic mass is 35.5. The number of nitriles is 1. The first-order valence-electron chi connectivity index (χ1n) is 6.16. The van der Waals surface area contributed by atoms with Crippen LogP contribution in [0.4, 0.5) is 5.69 Å². The Labute approximate surface area is 108 Å². The molecule has 0 aromatic heterocycles. The van der Waals surface area contributed by atoms with Crippen LogP contribution >= 0.6 is 11.6 Å². The van der Waals surface area contributed by atoms with Crippen LogP contribution in [0.3, 0.4) is 0 Å². The fourth-order valence-corrected chi connectivity index (χ4v) is 2.60. The molecule has 0 aliphatic heterocycles. The summed E-state index contributed by atoms with van der Waals surface area (Å²) in [5.41, 5.74) is 1.44. The van der Waals surface area contributed by atoms with Crippen LogP contribution < -0.4 is 5.32 Å². The minimum absolute atomic E-state index is 0.483. The third-order valence-electron chi connectivity index (χ3n) is 3.50. The maximum absolute atomic E-state index is 9.10. The number of nitrogens with zero attached hydrogens (tertiary/aromatic N) is 1. The van der Waals surface area contributed by atoms with Crippen molar-refractivity contribution in [1.29, 1.82) is 5.26 Å². The number of nitrogens with one attached hydrogen (secondary N) is 1. The average molecular weight is 249 g/mol. The summed E-state index contributed by atoms with van der Waals surface area (Å²) in [7, 11) is 0. The van der Waals surface area contributed by atoms with Gasteiger partial charge in [0.25, 0.3) is 0 Å². The lowest BCUT2D eigenvalue weighted by molar-refractivity contribution is 0.361. The number of halogens is 1. The second-order valence-electron chi connectivity index (χ2n) is 4.88. The van der Waals surface area contributed by atoms with Gasteiger partial charge in [0.2, 0.25) is 0 Å². The fourth-order valence-electron chi connectivity index (χ4n) is 2.38. The molecule has 0 unspecified atom stereocenters. The fraction of sp³-hybridized carbons (Fsp3) is 0.500. The SMILES string of the molecule is CC1CCC(Nc2cccc(Cl)c2C#N)CC1. The summed E-state index contributed by atoms with van der Waals surface area (Å²) in [4.78, 5) is 0. The van der Waals surface area contributed by atoms with Crippen LogP contribution in [-0.4, -0.2) is 6.04 Å². The summed E-state index contributed by atoms with van der Waals surface area (Å²) in [6, 6.07) is 8.23. The van der Waals surface area contributed by atoms with E-state index in [1.54, 1.807) is 6.07 Å². The van der Waals surface area contributed by atoms with Crippen molar-refractivity contribution in [3.8, 4) is 6.07 Å². The summed E-state index contributed by atoms with van der Waals surface area (Å²) in [5, 5.41) is 13.1. The minimum Gasteiger partial charge on any atom is -0.381 e. The predicted octanol–water partition coefficient (Wildman–Crippen LogP) is 4.20. The van der Waals surface area contributed by atoms with Gasteiger partial charge in [-0.3, -0.25) is 0 Å². The lowest BCUT2D eigenvalue weighted by atomic mass is 9.87. The predicted molar refractivity (Wildman–Crippen MR) is 71.2 cm³/mol. The highest BCUT2D eigenvalue weighted by Gasteiger charge is 2.19. The molecule has 0 radical (unpaired) electrons. The molecule has 0 heterocycles. The maximum atomic E-state index is 9.10. The van der Waals surface area contributed by atoms with Gasteiger partial charge in [0.15, 0.2) is 0 Å². The Morgan fingerprint density at radius 3 is 2.65 bits per heavy atom. The van der Waals surface area contributed by atoms with E-state index in [1.165, 1.54) is 25.7 Å². The van der Waals surface area contributed by atoms with Gasteiger partial charge in [-0.1, -0.05) is 24.6 Å². The van der Waals surface area contributed by atoms with Crippen LogP contribution in [-0.2, 0) is 0 Å². The lowest BCUT2D eigenvalue weighted by Crippen LogP contribution is -2.25. The molecule has 2 rings (SSSR count). The standard InChI is InChI=1S/C14H17ClN2/c1-10-5-7-11(8-6-10)17-14-4-2-3-13(15)12(14)9-16/h2-4,10-11,17H,5-8H2,1H3. The topological polar surface area (TPSA) is 35.8 Å². The van der Waals surface area contributed by atoms with Crippen molar-refractivity contribution in [3.63, 3.8) is 0 Å². The summed E-state index contributed by atoms with van der Waals surface area (Å²) >= 11 is 6.01. The molecule has 1 saturated carbocycles. The Morgan fingerprint density at radius 1 is 1.29 bits per heavy atom. The number of anilines is 1. The second kappa shape index (κ2) is 5.42. The molecule has 1 N–H and O–H groups in total. The molecule has 0 bridgehead atoms. The Kier molecular flexibility index (Phi) is 3.91. The van der Waals surface area contributed by atoms with Gasteiger partial charge in [-0.25, -0.2) is 0 Å². The summed E-state index contributed by atoms with van der Waals surface area (Å²) in [6.07, 6.45) is 4.89. The van der Waals surface area contributed by atoms with Crippen molar-refractivity contribution in [1.82, 2.24) is 0 Å². The van der Waals surface area contributed by atoms with Crippen molar-refractivity contribution in [2.24, 2.45) is 5.92 Å². The number of benzene rings is 1. The highest BCUT2D eigenvalue weighted by Crippen LogP contribution is 2.29. The quantitative estimate of drug-likeness (QED) is 0.851. The molecule has 1 aromatic carbocycles. The Hall–Kier alpha value is -1.20. The molecule has 0 atom stereocenters. The smallest absolute Gasteiger partial charge is 0.103 e.